The third-order valence-electron chi connectivity index (χ3n) is 2.73. The topological polar surface area (TPSA) is 83.8 Å². The lowest BCUT2D eigenvalue weighted by atomic mass is 10.1. The van der Waals surface area contributed by atoms with Crippen molar-refractivity contribution in [2.24, 2.45) is 11.1 Å². The van der Waals surface area contributed by atoms with E-state index in [-0.39, 0.29) is 11.3 Å². The van der Waals surface area contributed by atoms with E-state index in [1.165, 1.54) is 0 Å². The molecule has 0 aromatic carbocycles. The second kappa shape index (κ2) is 3.42. The second-order valence-corrected chi connectivity index (χ2v) is 3.77. The summed E-state index contributed by atoms with van der Waals surface area (Å²) in [5, 5.41) is 9.35. The first-order valence-electron chi connectivity index (χ1n) is 4.73. The largest absolute Gasteiger partial charge is 0.351 e. The summed E-state index contributed by atoms with van der Waals surface area (Å²) in [6.07, 6.45) is 5.30. The van der Waals surface area contributed by atoms with E-state index in [4.69, 9.17) is 5.73 Å². The van der Waals surface area contributed by atoms with Gasteiger partial charge in [-0.15, -0.1) is 0 Å². The number of nitrogens with zero attached hydrogens (tertiary/aromatic N) is 1. The fourth-order valence-electron chi connectivity index (χ4n) is 1.42. The van der Waals surface area contributed by atoms with Gasteiger partial charge in [0.05, 0.1) is 11.6 Å². The zero-order chi connectivity index (χ0) is 10.0. The van der Waals surface area contributed by atoms with Crippen molar-refractivity contribution in [2.45, 2.75) is 19.4 Å². The van der Waals surface area contributed by atoms with Crippen molar-refractivity contribution in [2.75, 3.05) is 6.54 Å². The van der Waals surface area contributed by atoms with Crippen LogP contribution in [-0.4, -0.2) is 22.6 Å². The number of nitrogens with two attached hydrogens (primary N) is 1. The van der Waals surface area contributed by atoms with Crippen LogP contribution in [0.2, 0.25) is 0 Å². The summed E-state index contributed by atoms with van der Waals surface area (Å²) in [6.45, 7) is 0.974. The molecule has 1 aromatic heterocycles. The maximum atomic E-state index is 11.6. The smallest absolute Gasteiger partial charge is 0.227 e. The van der Waals surface area contributed by atoms with Crippen LogP contribution >= 0.6 is 0 Å². The lowest BCUT2D eigenvalue weighted by Gasteiger charge is -2.11. The molecule has 1 amide bonds. The van der Waals surface area contributed by atoms with Crippen LogP contribution < -0.4 is 11.1 Å². The Balaban J connectivity index is 1.84. The van der Waals surface area contributed by atoms with E-state index in [0.717, 1.165) is 18.4 Å². The van der Waals surface area contributed by atoms with Gasteiger partial charge < -0.3 is 11.1 Å². The van der Waals surface area contributed by atoms with Gasteiger partial charge in [-0.1, -0.05) is 0 Å². The maximum Gasteiger partial charge on any atom is 0.227 e. The van der Waals surface area contributed by atoms with E-state index in [0.29, 0.717) is 13.1 Å². The van der Waals surface area contributed by atoms with Gasteiger partial charge in [0.2, 0.25) is 5.91 Å². The molecule has 5 heteroatoms. The molecule has 0 spiro atoms. The molecule has 1 saturated carbocycles. The Morgan fingerprint density at radius 1 is 1.71 bits per heavy atom. The molecule has 1 aromatic rings. The fraction of sp³-hybridized carbons (Fsp3) is 0.556. The molecule has 5 nitrogen and oxygen atoms in total. The lowest BCUT2D eigenvalue weighted by Crippen LogP contribution is -2.36. The highest BCUT2D eigenvalue weighted by atomic mass is 16.2. The molecule has 76 valence electrons. The molecule has 1 aliphatic rings. The van der Waals surface area contributed by atoms with E-state index < -0.39 is 0 Å². The zero-order valence-electron chi connectivity index (χ0n) is 7.92. The molecule has 0 unspecified atom stereocenters. The number of aromatic nitrogens is 2. The summed E-state index contributed by atoms with van der Waals surface area (Å²) in [6, 6.07) is 0. The molecule has 1 heterocycles. The van der Waals surface area contributed by atoms with E-state index in [9.17, 15) is 4.79 Å². The predicted molar refractivity (Wildman–Crippen MR) is 51.2 cm³/mol. The van der Waals surface area contributed by atoms with Gasteiger partial charge in [0.25, 0.3) is 0 Å². The van der Waals surface area contributed by atoms with Gasteiger partial charge in [-0.3, -0.25) is 9.89 Å². The molecule has 0 saturated heterocycles. The van der Waals surface area contributed by atoms with Crippen LogP contribution in [-0.2, 0) is 11.3 Å². The monoisotopic (exact) mass is 194 g/mol. The van der Waals surface area contributed by atoms with Crippen LogP contribution in [0, 0.1) is 5.41 Å². The number of aromatic amines is 1. The number of hydrogen-bond acceptors (Lipinski definition) is 3. The Hall–Kier alpha value is -1.36. The minimum atomic E-state index is -0.260. The molecule has 1 fully saturated rings. The lowest BCUT2D eigenvalue weighted by molar-refractivity contribution is -0.126. The SMILES string of the molecule is NCC1(C(=O)NCc2cn[nH]c2)CC1. The van der Waals surface area contributed by atoms with Gasteiger partial charge in [0.1, 0.15) is 0 Å². The Bertz CT molecular complexity index is 316. The van der Waals surface area contributed by atoms with Crippen molar-refractivity contribution in [3.63, 3.8) is 0 Å². The van der Waals surface area contributed by atoms with Gasteiger partial charge >= 0.3 is 0 Å². The van der Waals surface area contributed by atoms with Gasteiger partial charge in [-0.25, -0.2) is 0 Å². The summed E-state index contributed by atoms with van der Waals surface area (Å²) in [5.74, 6) is 0.0706. The predicted octanol–water partition coefficient (Wildman–Crippen LogP) is -0.235. The molecular formula is C9H14N4O. The van der Waals surface area contributed by atoms with Crippen LogP contribution in [0.3, 0.4) is 0 Å². The Labute approximate surface area is 82.1 Å². The summed E-state index contributed by atoms with van der Waals surface area (Å²) < 4.78 is 0. The van der Waals surface area contributed by atoms with Gasteiger partial charge in [0.15, 0.2) is 0 Å². The van der Waals surface area contributed by atoms with Crippen molar-refractivity contribution in [3.8, 4) is 0 Å². The molecule has 1 aliphatic carbocycles. The van der Waals surface area contributed by atoms with Crippen molar-refractivity contribution >= 4 is 5.91 Å². The molecule has 0 aliphatic heterocycles. The summed E-state index contributed by atoms with van der Waals surface area (Å²) in [5.41, 5.74) is 6.26. The van der Waals surface area contributed by atoms with Crippen LogP contribution in [0.1, 0.15) is 18.4 Å². The highest BCUT2D eigenvalue weighted by Crippen LogP contribution is 2.44. The van der Waals surface area contributed by atoms with E-state index >= 15 is 0 Å². The van der Waals surface area contributed by atoms with E-state index in [1.807, 2.05) is 0 Å². The number of hydrogen-bond donors (Lipinski definition) is 3. The van der Waals surface area contributed by atoms with Crippen molar-refractivity contribution < 1.29 is 4.79 Å². The summed E-state index contributed by atoms with van der Waals surface area (Å²) in [4.78, 5) is 11.6. The average Bonchev–Trinajstić information content (AvgIpc) is 2.84. The minimum absolute atomic E-state index is 0.0706. The van der Waals surface area contributed by atoms with Crippen molar-refractivity contribution in [1.82, 2.24) is 15.5 Å². The summed E-state index contributed by atoms with van der Waals surface area (Å²) >= 11 is 0. The van der Waals surface area contributed by atoms with Crippen molar-refractivity contribution in [3.05, 3.63) is 18.0 Å². The Morgan fingerprint density at radius 3 is 3.00 bits per heavy atom. The number of rotatable bonds is 4. The highest BCUT2D eigenvalue weighted by molar-refractivity contribution is 5.85. The summed E-state index contributed by atoms with van der Waals surface area (Å²) in [7, 11) is 0. The quantitative estimate of drug-likeness (QED) is 0.618. The fourth-order valence-corrected chi connectivity index (χ4v) is 1.42. The highest BCUT2D eigenvalue weighted by Gasteiger charge is 2.48. The third kappa shape index (κ3) is 1.63. The first kappa shape index (κ1) is 9.21. The minimum Gasteiger partial charge on any atom is -0.351 e. The normalized spacial score (nSPS) is 17.8. The number of carbonyl (C=O) groups is 1. The molecule has 14 heavy (non-hydrogen) atoms. The number of carbonyl (C=O) groups excluding carboxylic acids is 1. The molecule has 0 bridgehead atoms. The van der Waals surface area contributed by atoms with Gasteiger partial charge in [0, 0.05) is 24.8 Å². The van der Waals surface area contributed by atoms with Crippen LogP contribution in [0.15, 0.2) is 12.4 Å². The number of H-pyrrole nitrogens is 1. The second-order valence-electron chi connectivity index (χ2n) is 3.77. The molecule has 0 radical (unpaired) electrons. The molecular weight excluding hydrogens is 180 g/mol. The zero-order valence-corrected chi connectivity index (χ0v) is 7.92. The molecule has 0 atom stereocenters. The number of nitrogens with one attached hydrogen (secondary N) is 2. The van der Waals surface area contributed by atoms with E-state index in [2.05, 4.69) is 15.5 Å². The van der Waals surface area contributed by atoms with Crippen molar-refractivity contribution in [1.29, 1.82) is 0 Å². The van der Waals surface area contributed by atoms with Crippen LogP contribution in [0.4, 0.5) is 0 Å². The standard InChI is InChI=1S/C9H14N4O/c10-6-9(1-2-9)8(14)11-3-7-4-12-13-5-7/h4-5H,1-3,6,10H2,(H,11,14)(H,12,13). The average molecular weight is 194 g/mol. The van der Waals surface area contributed by atoms with Crippen LogP contribution in [0.25, 0.3) is 0 Å². The first-order valence-corrected chi connectivity index (χ1v) is 4.73. The maximum absolute atomic E-state index is 11.6. The molecule has 4 N–H and O–H groups in total. The van der Waals surface area contributed by atoms with E-state index in [1.54, 1.807) is 12.4 Å². The van der Waals surface area contributed by atoms with Crippen LogP contribution in [0.5, 0.6) is 0 Å². The third-order valence-corrected chi connectivity index (χ3v) is 2.73. The first-order chi connectivity index (χ1) is 6.77. The Morgan fingerprint density at radius 2 is 2.50 bits per heavy atom. The molecule has 2 rings (SSSR count). The Kier molecular flexibility index (Phi) is 2.25. The number of amides is 1. The van der Waals surface area contributed by atoms with Gasteiger partial charge in [-0.2, -0.15) is 5.10 Å². The van der Waals surface area contributed by atoms with Gasteiger partial charge in [-0.05, 0) is 12.8 Å².